The number of hydrogen-bond acceptors (Lipinski definition) is 1. The third-order valence-electron chi connectivity index (χ3n) is 3.83. The second-order valence-electron chi connectivity index (χ2n) is 4.89. The zero-order valence-electron chi connectivity index (χ0n) is 9.41. The van der Waals surface area contributed by atoms with Crippen LogP contribution in [0.3, 0.4) is 0 Å². The van der Waals surface area contributed by atoms with Gasteiger partial charge in [0.15, 0.2) is 5.78 Å². The Hall–Kier alpha value is -1.37. The van der Waals surface area contributed by atoms with E-state index in [2.05, 4.69) is 24.3 Å². The predicted molar refractivity (Wildman–Crippen MR) is 65.3 cm³/mol. The van der Waals surface area contributed by atoms with Gasteiger partial charge in [0.1, 0.15) is 0 Å². The fraction of sp³-hybridized carbons (Fsp3) is 0.400. The first-order valence-corrected chi connectivity index (χ1v) is 6.17. The highest BCUT2D eigenvalue weighted by atomic mass is 16.1. The lowest BCUT2D eigenvalue weighted by Crippen LogP contribution is -2.08. The van der Waals surface area contributed by atoms with Gasteiger partial charge >= 0.3 is 0 Å². The van der Waals surface area contributed by atoms with Crippen molar-refractivity contribution in [1.29, 1.82) is 0 Å². The van der Waals surface area contributed by atoms with Crippen molar-refractivity contribution in [1.82, 2.24) is 0 Å². The summed E-state index contributed by atoms with van der Waals surface area (Å²) in [6, 6.07) is 8.84. The molecule has 0 atom stereocenters. The molecule has 1 fully saturated rings. The van der Waals surface area contributed by atoms with E-state index in [1.54, 1.807) is 6.08 Å². The van der Waals surface area contributed by atoms with Gasteiger partial charge in [-0.2, -0.15) is 0 Å². The van der Waals surface area contributed by atoms with E-state index in [9.17, 15) is 4.79 Å². The lowest BCUT2D eigenvalue weighted by atomic mass is 9.80. The van der Waals surface area contributed by atoms with Crippen LogP contribution in [-0.2, 0) is 4.79 Å². The number of rotatable bonds is 2. The third kappa shape index (κ3) is 1.71. The lowest BCUT2D eigenvalue weighted by molar-refractivity contribution is -0.114. The van der Waals surface area contributed by atoms with Gasteiger partial charge in [0.05, 0.1) is 0 Å². The van der Waals surface area contributed by atoms with E-state index >= 15 is 0 Å². The first-order valence-electron chi connectivity index (χ1n) is 6.17. The average molecular weight is 212 g/mol. The molecular formula is C15H16O. The van der Waals surface area contributed by atoms with Crippen LogP contribution in [0, 0.1) is 0 Å². The van der Waals surface area contributed by atoms with Crippen molar-refractivity contribution in [3.63, 3.8) is 0 Å². The lowest BCUT2D eigenvalue weighted by Gasteiger charge is -2.25. The number of allylic oxidation sites excluding steroid dienone is 2. The molecule has 0 heterocycles. The van der Waals surface area contributed by atoms with E-state index in [1.807, 2.05) is 0 Å². The van der Waals surface area contributed by atoms with Crippen LogP contribution in [0.5, 0.6) is 0 Å². The summed E-state index contributed by atoms with van der Waals surface area (Å²) in [5.74, 6) is 1.08. The molecule has 0 radical (unpaired) electrons. The van der Waals surface area contributed by atoms with Crippen LogP contribution in [0.1, 0.15) is 49.1 Å². The summed E-state index contributed by atoms with van der Waals surface area (Å²) in [5.41, 5.74) is 3.92. The van der Waals surface area contributed by atoms with Crippen LogP contribution in [0.25, 0.3) is 5.57 Å². The van der Waals surface area contributed by atoms with Gasteiger partial charge in [-0.15, -0.1) is 0 Å². The summed E-state index contributed by atoms with van der Waals surface area (Å²) in [7, 11) is 0. The summed E-state index contributed by atoms with van der Waals surface area (Å²) < 4.78 is 0. The van der Waals surface area contributed by atoms with Crippen molar-refractivity contribution in [2.45, 2.75) is 38.0 Å². The van der Waals surface area contributed by atoms with Gasteiger partial charge < -0.3 is 0 Å². The Labute approximate surface area is 96.2 Å². The Morgan fingerprint density at radius 1 is 1.00 bits per heavy atom. The van der Waals surface area contributed by atoms with Gasteiger partial charge in [0.2, 0.25) is 0 Å². The fourth-order valence-electron chi connectivity index (χ4n) is 2.54. The number of ketones is 1. The molecule has 1 aromatic carbocycles. The van der Waals surface area contributed by atoms with E-state index in [0.29, 0.717) is 6.42 Å². The number of benzene rings is 1. The van der Waals surface area contributed by atoms with Gasteiger partial charge in [0.25, 0.3) is 0 Å². The first-order chi connectivity index (χ1) is 7.83. The summed E-state index contributed by atoms with van der Waals surface area (Å²) in [5, 5.41) is 0. The van der Waals surface area contributed by atoms with Crippen LogP contribution in [0.4, 0.5) is 0 Å². The van der Waals surface area contributed by atoms with Crippen molar-refractivity contribution >= 4 is 11.4 Å². The highest BCUT2D eigenvalue weighted by Gasteiger charge is 2.19. The molecule has 3 rings (SSSR count). The maximum Gasteiger partial charge on any atom is 0.156 e. The van der Waals surface area contributed by atoms with Crippen molar-refractivity contribution in [3.8, 4) is 0 Å². The zero-order valence-corrected chi connectivity index (χ0v) is 9.41. The van der Waals surface area contributed by atoms with E-state index in [4.69, 9.17) is 0 Å². The second-order valence-corrected chi connectivity index (χ2v) is 4.89. The van der Waals surface area contributed by atoms with Crippen LogP contribution in [0.2, 0.25) is 0 Å². The van der Waals surface area contributed by atoms with E-state index in [-0.39, 0.29) is 5.78 Å². The second kappa shape index (κ2) is 3.89. The Morgan fingerprint density at radius 2 is 1.75 bits per heavy atom. The van der Waals surface area contributed by atoms with Crippen molar-refractivity contribution in [2.75, 3.05) is 0 Å². The molecule has 0 spiro atoms. The van der Waals surface area contributed by atoms with Gasteiger partial charge in [-0.3, -0.25) is 4.79 Å². The highest BCUT2D eigenvalue weighted by Crippen LogP contribution is 2.37. The van der Waals surface area contributed by atoms with Crippen molar-refractivity contribution in [2.24, 2.45) is 0 Å². The number of carbonyl (C=O) groups is 1. The van der Waals surface area contributed by atoms with Crippen molar-refractivity contribution < 1.29 is 4.79 Å². The first kappa shape index (κ1) is 9.83. The number of hydrogen-bond donors (Lipinski definition) is 0. The maximum absolute atomic E-state index is 11.2. The molecular weight excluding hydrogens is 196 g/mol. The molecule has 1 nitrogen and oxygen atoms in total. The molecule has 0 amide bonds. The minimum Gasteiger partial charge on any atom is -0.295 e. The van der Waals surface area contributed by atoms with Gasteiger partial charge in [-0.1, -0.05) is 30.7 Å². The normalized spacial score (nSPS) is 20.8. The molecule has 0 saturated heterocycles. The van der Waals surface area contributed by atoms with E-state index in [0.717, 1.165) is 12.3 Å². The maximum atomic E-state index is 11.2. The van der Waals surface area contributed by atoms with Crippen LogP contribution in [-0.4, -0.2) is 5.78 Å². The molecule has 0 aliphatic heterocycles. The molecule has 82 valence electrons. The highest BCUT2D eigenvalue weighted by molar-refractivity contribution is 6.01. The molecule has 2 aliphatic carbocycles. The van der Waals surface area contributed by atoms with Crippen LogP contribution in [0.15, 0.2) is 30.3 Å². The Balaban J connectivity index is 1.81. The summed E-state index contributed by atoms with van der Waals surface area (Å²) >= 11 is 0. The summed E-state index contributed by atoms with van der Waals surface area (Å²) in [4.78, 5) is 11.2. The molecule has 0 N–H and O–H groups in total. The van der Waals surface area contributed by atoms with E-state index in [1.165, 1.54) is 36.0 Å². The standard InChI is InChI=1S/C15H16O/c16-15-9-8-14(10-15)13-6-4-12(5-7-13)11-2-1-3-11/h4-7,10-11H,1-3,8-9H2. The molecule has 0 aromatic heterocycles. The molecule has 2 aliphatic rings. The number of carbonyl (C=O) groups excluding carboxylic acids is 1. The van der Waals surface area contributed by atoms with Gasteiger partial charge in [0, 0.05) is 6.42 Å². The molecule has 1 aromatic rings. The third-order valence-corrected chi connectivity index (χ3v) is 3.83. The minimum absolute atomic E-state index is 0.276. The minimum atomic E-state index is 0.276. The van der Waals surface area contributed by atoms with Crippen molar-refractivity contribution in [3.05, 3.63) is 41.5 Å². The average Bonchev–Trinajstić information content (AvgIpc) is 2.63. The quantitative estimate of drug-likeness (QED) is 0.730. The largest absolute Gasteiger partial charge is 0.295 e. The van der Waals surface area contributed by atoms with E-state index < -0.39 is 0 Å². The predicted octanol–water partition coefficient (Wildman–Crippen LogP) is 3.70. The molecule has 16 heavy (non-hydrogen) atoms. The van der Waals surface area contributed by atoms with Crippen LogP contribution >= 0.6 is 0 Å². The Kier molecular flexibility index (Phi) is 2.39. The summed E-state index contributed by atoms with van der Waals surface area (Å²) in [6.45, 7) is 0. The molecule has 1 heteroatoms. The van der Waals surface area contributed by atoms with Gasteiger partial charge in [-0.25, -0.2) is 0 Å². The summed E-state index contributed by atoms with van der Waals surface area (Å²) in [6.07, 6.45) is 7.49. The fourth-order valence-corrected chi connectivity index (χ4v) is 2.54. The molecule has 1 saturated carbocycles. The molecule has 0 unspecified atom stereocenters. The van der Waals surface area contributed by atoms with Crippen LogP contribution < -0.4 is 0 Å². The Bertz CT molecular complexity index is 435. The molecule has 0 bridgehead atoms. The smallest absolute Gasteiger partial charge is 0.156 e. The monoisotopic (exact) mass is 212 g/mol. The zero-order chi connectivity index (χ0) is 11.0. The topological polar surface area (TPSA) is 17.1 Å². The SMILES string of the molecule is O=C1C=C(c2ccc(C3CCC3)cc2)CC1. The van der Waals surface area contributed by atoms with Gasteiger partial charge in [-0.05, 0) is 48.0 Å². The Morgan fingerprint density at radius 3 is 2.25 bits per heavy atom.